The zero-order chi connectivity index (χ0) is 12.7. The Morgan fingerprint density at radius 3 is 3.00 bits per heavy atom. The zero-order valence-corrected chi connectivity index (χ0v) is 11.3. The molecule has 0 radical (unpaired) electrons. The summed E-state index contributed by atoms with van der Waals surface area (Å²) in [6.45, 7) is 0.982. The molecule has 0 amide bonds. The van der Waals surface area contributed by atoms with Gasteiger partial charge in [-0.2, -0.15) is 16.9 Å². The van der Waals surface area contributed by atoms with Gasteiger partial charge in [-0.1, -0.05) is 0 Å². The molecule has 17 heavy (non-hydrogen) atoms. The number of rotatable bonds is 8. The van der Waals surface area contributed by atoms with Gasteiger partial charge in [0.15, 0.2) is 0 Å². The summed E-state index contributed by atoms with van der Waals surface area (Å²) in [6, 6.07) is 0. The van der Waals surface area contributed by atoms with Crippen molar-refractivity contribution in [2.75, 3.05) is 25.2 Å². The van der Waals surface area contributed by atoms with Gasteiger partial charge in [-0.25, -0.2) is 13.1 Å². The van der Waals surface area contributed by atoms with Crippen LogP contribution in [0, 0.1) is 0 Å². The monoisotopic (exact) mass is 279 g/mol. The Labute approximate surface area is 105 Å². The van der Waals surface area contributed by atoms with E-state index >= 15 is 0 Å². The number of hydrogen-bond acceptors (Lipinski definition) is 5. The summed E-state index contributed by atoms with van der Waals surface area (Å²) in [4.78, 5) is 0.163. The Hall–Kier alpha value is -0.570. The number of aliphatic hydroxyl groups excluding tert-OH is 1. The van der Waals surface area contributed by atoms with Gasteiger partial charge in [-0.15, -0.1) is 0 Å². The molecule has 0 aromatic carbocycles. The van der Waals surface area contributed by atoms with Crippen LogP contribution in [0.5, 0.6) is 0 Å². The van der Waals surface area contributed by atoms with Crippen LogP contribution in [-0.2, 0) is 16.6 Å². The van der Waals surface area contributed by atoms with Crippen molar-refractivity contribution in [1.82, 2.24) is 14.5 Å². The normalized spacial score (nSPS) is 11.9. The first kappa shape index (κ1) is 14.5. The molecular formula is C9H17N3O3S2. The number of hydrogen-bond donors (Lipinski definition) is 2. The second-order valence-electron chi connectivity index (χ2n) is 3.41. The van der Waals surface area contributed by atoms with Gasteiger partial charge in [0.25, 0.3) is 0 Å². The van der Waals surface area contributed by atoms with E-state index in [2.05, 4.69) is 9.82 Å². The fourth-order valence-electron chi connectivity index (χ4n) is 1.20. The third-order valence-corrected chi connectivity index (χ3v) is 4.09. The molecule has 0 saturated carbocycles. The summed E-state index contributed by atoms with van der Waals surface area (Å²) >= 11 is 1.58. The first-order valence-corrected chi connectivity index (χ1v) is 8.10. The van der Waals surface area contributed by atoms with E-state index in [1.165, 1.54) is 17.1 Å². The van der Waals surface area contributed by atoms with E-state index in [1.807, 2.05) is 6.26 Å². The fourth-order valence-corrected chi connectivity index (χ4v) is 2.62. The van der Waals surface area contributed by atoms with Gasteiger partial charge < -0.3 is 5.11 Å². The van der Waals surface area contributed by atoms with Crippen LogP contribution >= 0.6 is 11.8 Å². The minimum Gasteiger partial charge on any atom is -0.396 e. The van der Waals surface area contributed by atoms with Crippen LogP contribution in [0.2, 0.25) is 0 Å². The van der Waals surface area contributed by atoms with Crippen molar-refractivity contribution in [3.05, 3.63) is 12.4 Å². The third-order valence-electron chi connectivity index (χ3n) is 2.06. The van der Waals surface area contributed by atoms with E-state index in [0.717, 1.165) is 5.75 Å². The van der Waals surface area contributed by atoms with Gasteiger partial charge in [0.2, 0.25) is 10.0 Å². The number of sulfonamides is 1. The highest BCUT2D eigenvalue weighted by Crippen LogP contribution is 2.07. The quantitative estimate of drug-likeness (QED) is 0.650. The number of nitrogens with zero attached hydrogens (tertiary/aromatic N) is 2. The van der Waals surface area contributed by atoms with Gasteiger partial charge in [0.05, 0.1) is 6.20 Å². The average molecular weight is 279 g/mol. The predicted octanol–water partition coefficient (Wildman–Crippen LogP) is -0.0932. The number of thioether (sulfide) groups is 1. The van der Waals surface area contributed by atoms with Crippen LogP contribution in [0.1, 0.15) is 6.42 Å². The van der Waals surface area contributed by atoms with Crippen molar-refractivity contribution in [3.8, 4) is 0 Å². The van der Waals surface area contributed by atoms with Crippen LogP contribution in [-0.4, -0.2) is 48.5 Å². The van der Waals surface area contributed by atoms with Crippen molar-refractivity contribution in [1.29, 1.82) is 0 Å². The molecule has 0 unspecified atom stereocenters. The molecule has 98 valence electrons. The van der Waals surface area contributed by atoms with E-state index in [-0.39, 0.29) is 11.5 Å². The topological polar surface area (TPSA) is 84.2 Å². The van der Waals surface area contributed by atoms with E-state index in [1.54, 1.807) is 11.8 Å². The van der Waals surface area contributed by atoms with Crippen LogP contribution in [0.3, 0.4) is 0 Å². The van der Waals surface area contributed by atoms with Gasteiger partial charge >= 0.3 is 0 Å². The molecule has 1 aromatic heterocycles. The molecule has 8 heteroatoms. The Bertz CT molecular complexity index is 430. The van der Waals surface area contributed by atoms with Gasteiger partial charge in [-0.05, 0) is 12.7 Å². The molecule has 0 bridgehead atoms. The van der Waals surface area contributed by atoms with Crippen LogP contribution in [0.25, 0.3) is 0 Å². The minimum atomic E-state index is -3.45. The smallest absolute Gasteiger partial charge is 0.243 e. The maximum Gasteiger partial charge on any atom is 0.243 e. The van der Waals surface area contributed by atoms with Gasteiger partial charge in [0, 0.05) is 31.6 Å². The molecule has 0 saturated heterocycles. The Balaban J connectivity index is 2.61. The van der Waals surface area contributed by atoms with Crippen LogP contribution in [0.4, 0.5) is 0 Å². The molecule has 0 spiro atoms. The lowest BCUT2D eigenvalue weighted by molar-refractivity contribution is 0.277. The zero-order valence-electron chi connectivity index (χ0n) is 9.66. The molecule has 0 aliphatic heterocycles. The number of aryl methyl sites for hydroxylation is 1. The predicted molar refractivity (Wildman–Crippen MR) is 67.5 cm³/mol. The second kappa shape index (κ2) is 7.00. The van der Waals surface area contributed by atoms with E-state index in [0.29, 0.717) is 19.5 Å². The maximum absolute atomic E-state index is 11.8. The van der Waals surface area contributed by atoms with E-state index < -0.39 is 10.0 Å². The maximum atomic E-state index is 11.8. The lowest BCUT2D eigenvalue weighted by atomic mass is 10.5. The van der Waals surface area contributed by atoms with E-state index in [4.69, 9.17) is 5.11 Å². The largest absolute Gasteiger partial charge is 0.396 e. The molecule has 0 aliphatic rings. The number of aliphatic hydroxyl groups is 1. The average Bonchev–Trinajstić information content (AvgIpc) is 2.76. The number of aromatic nitrogens is 2. The van der Waals surface area contributed by atoms with Crippen molar-refractivity contribution < 1.29 is 13.5 Å². The van der Waals surface area contributed by atoms with Crippen LogP contribution in [0.15, 0.2) is 17.3 Å². The Morgan fingerprint density at radius 2 is 2.35 bits per heavy atom. The van der Waals surface area contributed by atoms with E-state index in [9.17, 15) is 8.42 Å². The summed E-state index contributed by atoms with van der Waals surface area (Å²) in [5, 5.41) is 12.6. The fraction of sp³-hybridized carbons (Fsp3) is 0.667. The summed E-state index contributed by atoms with van der Waals surface area (Å²) in [5.74, 6) is 0.734. The Morgan fingerprint density at radius 1 is 1.59 bits per heavy atom. The second-order valence-corrected chi connectivity index (χ2v) is 6.16. The highest BCUT2D eigenvalue weighted by atomic mass is 32.2. The van der Waals surface area contributed by atoms with Crippen LogP contribution < -0.4 is 4.72 Å². The lowest BCUT2D eigenvalue weighted by Crippen LogP contribution is -2.25. The molecule has 6 nitrogen and oxygen atoms in total. The van der Waals surface area contributed by atoms with Crippen molar-refractivity contribution in [2.24, 2.45) is 0 Å². The molecule has 0 fully saturated rings. The van der Waals surface area contributed by atoms with Gasteiger partial charge in [-0.3, -0.25) is 4.68 Å². The molecule has 1 rings (SSSR count). The van der Waals surface area contributed by atoms with Crippen molar-refractivity contribution in [2.45, 2.75) is 17.9 Å². The standard InChI is InChI=1S/C9H17N3O3S2/c1-16-6-3-11-17(14,15)9-7-10-12(8-9)4-2-5-13/h7-8,11,13H,2-6H2,1H3. The molecule has 1 aromatic rings. The summed E-state index contributed by atoms with van der Waals surface area (Å²) < 4.78 is 27.5. The third kappa shape index (κ3) is 4.66. The first-order chi connectivity index (χ1) is 8.10. The first-order valence-electron chi connectivity index (χ1n) is 5.22. The summed E-state index contributed by atoms with van der Waals surface area (Å²) in [5.41, 5.74) is 0. The molecule has 0 aliphatic carbocycles. The lowest BCUT2D eigenvalue weighted by Gasteiger charge is -2.02. The molecule has 1 heterocycles. The summed E-state index contributed by atoms with van der Waals surface area (Å²) in [6.07, 6.45) is 5.26. The number of nitrogens with one attached hydrogen (secondary N) is 1. The molecule has 0 atom stereocenters. The molecule has 2 N–H and O–H groups in total. The highest BCUT2D eigenvalue weighted by molar-refractivity contribution is 7.98. The molecular weight excluding hydrogens is 262 g/mol. The summed E-state index contributed by atoms with van der Waals surface area (Å²) in [7, 11) is -3.45. The highest BCUT2D eigenvalue weighted by Gasteiger charge is 2.15. The van der Waals surface area contributed by atoms with Crippen molar-refractivity contribution in [3.63, 3.8) is 0 Å². The van der Waals surface area contributed by atoms with Gasteiger partial charge in [0.1, 0.15) is 4.90 Å². The minimum absolute atomic E-state index is 0.0634. The Kier molecular flexibility index (Phi) is 5.96. The SMILES string of the molecule is CSCCNS(=O)(=O)c1cnn(CCCO)c1. The van der Waals surface area contributed by atoms with Crippen molar-refractivity contribution >= 4 is 21.8 Å².